The van der Waals surface area contributed by atoms with Crippen LogP contribution in [-0.4, -0.2) is 46.6 Å². The lowest BCUT2D eigenvalue weighted by atomic mass is 10.2. The van der Waals surface area contributed by atoms with E-state index < -0.39 is 25.1 Å². The van der Waals surface area contributed by atoms with Crippen LogP contribution in [0, 0.1) is 0 Å². The highest BCUT2D eigenvalue weighted by Gasteiger charge is 2.40. The van der Waals surface area contributed by atoms with E-state index in [4.69, 9.17) is 4.74 Å². The fourth-order valence-electron chi connectivity index (χ4n) is 3.25. The number of rotatable bonds is 6. The molecule has 1 fully saturated rings. The predicted molar refractivity (Wildman–Crippen MR) is 103 cm³/mol. The number of hydrogen-bond acceptors (Lipinski definition) is 5. The summed E-state index contributed by atoms with van der Waals surface area (Å²) in [5, 5.41) is -0.755. The van der Waals surface area contributed by atoms with Crippen LogP contribution in [0.1, 0.15) is 18.9 Å². The summed E-state index contributed by atoms with van der Waals surface area (Å²) < 4.78 is 58.4. The summed E-state index contributed by atoms with van der Waals surface area (Å²) in [4.78, 5) is 0.307. The normalized spacial score (nSPS) is 18.5. The second kappa shape index (κ2) is 7.61. The third kappa shape index (κ3) is 3.74. The predicted octanol–water partition coefficient (Wildman–Crippen LogP) is 2.49. The molecule has 8 heteroatoms. The van der Waals surface area contributed by atoms with Crippen LogP contribution in [0.4, 0.5) is 0 Å². The van der Waals surface area contributed by atoms with E-state index in [2.05, 4.69) is 0 Å². The Morgan fingerprint density at radius 1 is 1.07 bits per heavy atom. The van der Waals surface area contributed by atoms with Crippen molar-refractivity contribution in [2.45, 2.75) is 34.8 Å². The molecule has 2 aromatic rings. The molecule has 27 heavy (non-hydrogen) atoms. The van der Waals surface area contributed by atoms with Gasteiger partial charge in [0.25, 0.3) is 0 Å². The lowest BCUT2D eigenvalue weighted by Gasteiger charge is -2.19. The molecule has 1 atom stereocenters. The van der Waals surface area contributed by atoms with Gasteiger partial charge >= 0.3 is 0 Å². The molecule has 1 aliphatic rings. The fraction of sp³-hybridized carbons (Fsp3) is 0.368. The minimum Gasteiger partial charge on any atom is -0.495 e. The lowest BCUT2D eigenvalue weighted by molar-refractivity contribution is 0.398. The SMILES string of the molecule is CCc1ccc(OC)c(S(=O)(=O)N2CCC(S(=O)(=O)c3ccccc3)C2)c1. The molecule has 1 aliphatic heterocycles. The van der Waals surface area contributed by atoms with Crippen LogP contribution in [0.5, 0.6) is 5.75 Å². The number of sulfone groups is 1. The van der Waals surface area contributed by atoms with E-state index in [1.54, 1.807) is 42.5 Å². The topological polar surface area (TPSA) is 80.8 Å². The third-order valence-corrected chi connectivity index (χ3v) is 8.95. The number of aryl methyl sites for hydroxylation is 1. The average Bonchev–Trinajstić information content (AvgIpc) is 3.20. The van der Waals surface area contributed by atoms with E-state index in [1.807, 2.05) is 13.0 Å². The van der Waals surface area contributed by atoms with Gasteiger partial charge in [0.05, 0.1) is 17.3 Å². The Balaban J connectivity index is 1.91. The molecule has 0 bridgehead atoms. The first-order chi connectivity index (χ1) is 12.8. The summed E-state index contributed by atoms with van der Waals surface area (Å²) in [6.07, 6.45) is 0.962. The molecule has 146 valence electrons. The van der Waals surface area contributed by atoms with Crippen molar-refractivity contribution in [3.8, 4) is 5.75 Å². The van der Waals surface area contributed by atoms with Crippen molar-refractivity contribution in [3.63, 3.8) is 0 Å². The van der Waals surface area contributed by atoms with Gasteiger partial charge in [-0.3, -0.25) is 0 Å². The highest BCUT2D eigenvalue weighted by molar-refractivity contribution is 7.92. The first kappa shape index (κ1) is 19.9. The second-order valence-electron chi connectivity index (χ2n) is 6.47. The molecule has 2 aromatic carbocycles. The van der Waals surface area contributed by atoms with Crippen molar-refractivity contribution in [2.75, 3.05) is 20.2 Å². The summed E-state index contributed by atoms with van der Waals surface area (Å²) in [7, 11) is -6.00. The Morgan fingerprint density at radius 3 is 2.41 bits per heavy atom. The number of sulfonamides is 1. The minimum atomic E-state index is -3.85. The first-order valence-electron chi connectivity index (χ1n) is 8.76. The first-order valence-corrected chi connectivity index (χ1v) is 11.8. The van der Waals surface area contributed by atoms with Crippen molar-refractivity contribution in [3.05, 3.63) is 54.1 Å². The molecule has 3 rings (SSSR count). The smallest absolute Gasteiger partial charge is 0.246 e. The molecule has 0 saturated carbocycles. The van der Waals surface area contributed by atoms with Crippen molar-refractivity contribution >= 4 is 19.9 Å². The van der Waals surface area contributed by atoms with Crippen LogP contribution in [-0.2, 0) is 26.3 Å². The van der Waals surface area contributed by atoms with Gasteiger partial charge in [0, 0.05) is 13.1 Å². The molecule has 1 unspecified atom stereocenters. The van der Waals surface area contributed by atoms with Crippen LogP contribution >= 0.6 is 0 Å². The molecule has 0 spiro atoms. The molecular weight excluding hydrogens is 386 g/mol. The van der Waals surface area contributed by atoms with Gasteiger partial charge in [-0.15, -0.1) is 0 Å². The standard InChI is InChI=1S/C19H23NO5S2/c1-3-15-9-10-18(25-2)19(13-15)27(23,24)20-12-11-17(14-20)26(21,22)16-7-5-4-6-8-16/h4-10,13,17H,3,11-12,14H2,1-2H3. The van der Waals surface area contributed by atoms with E-state index in [1.165, 1.54) is 11.4 Å². The third-order valence-electron chi connectivity index (χ3n) is 4.87. The Kier molecular flexibility index (Phi) is 5.60. The van der Waals surface area contributed by atoms with Crippen molar-refractivity contribution in [2.24, 2.45) is 0 Å². The number of hydrogen-bond donors (Lipinski definition) is 0. The van der Waals surface area contributed by atoms with Crippen LogP contribution in [0.2, 0.25) is 0 Å². The Hall–Kier alpha value is -1.90. The van der Waals surface area contributed by atoms with Gasteiger partial charge in [0.1, 0.15) is 10.6 Å². The van der Waals surface area contributed by atoms with Crippen LogP contribution in [0.3, 0.4) is 0 Å². The summed E-state index contributed by atoms with van der Waals surface area (Å²) in [5.74, 6) is 0.265. The van der Waals surface area contributed by atoms with E-state index >= 15 is 0 Å². The zero-order valence-electron chi connectivity index (χ0n) is 15.3. The van der Waals surface area contributed by atoms with Crippen LogP contribution < -0.4 is 4.74 Å². The Bertz CT molecular complexity index is 1020. The van der Waals surface area contributed by atoms with Gasteiger partial charge in [-0.1, -0.05) is 31.2 Å². The number of methoxy groups -OCH3 is 1. The number of ether oxygens (including phenoxy) is 1. The minimum absolute atomic E-state index is 0.0565. The largest absolute Gasteiger partial charge is 0.495 e. The quantitative estimate of drug-likeness (QED) is 0.732. The summed E-state index contributed by atoms with van der Waals surface area (Å²) in [6.45, 7) is 2.05. The van der Waals surface area contributed by atoms with E-state index in [9.17, 15) is 16.8 Å². The molecule has 0 aliphatic carbocycles. The van der Waals surface area contributed by atoms with Crippen molar-refractivity contribution in [1.29, 1.82) is 0 Å². The number of benzene rings is 2. The molecule has 1 saturated heterocycles. The zero-order chi connectivity index (χ0) is 19.7. The zero-order valence-corrected chi connectivity index (χ0v) is 17.0. The lowest BCUT2D eigenvalue weighted by Crippen LogP contribution is -2.32. The molecule has 0 aromatic heterocycles. The molecule has 0 N–H and O–H groups in total. The highest BCUT2D eigenvalue weighted by atomic mass is 32.2. The average molecular weight is 410 g/mol. The maximum Gasteiger partial charge on any atom is 0.246 e. The van der Waals surface area contributed by atoms with Gasteiger partial charge < -0.3 is 4.74 Å². The van der Waals surface area contributed by atoms with Gasteiger partial charge in [-0.25, -0.2) is 16.8 Å². The van der Waals surface area contributed by atoms with Gasteiger partial charge in [0.2, 0.25) is 10.0 Å². The van der Waals surface area contributed by atoms with Crippen LogP contribution in [0.25, 0.3) is 0 Å². The summed E-state index contributed by atoms with van der Waals surface area (Å²) in [6, 6.07) is 13.2. The van der Waals surface area contributed by atoms with Gasteiger partial charge in [0.15, 0.2) is 9.84 Å². The molecule has 0 radical (unpaired) electrons. The molecular formula is C19H23NO5S2. The Labute approximate surface area is 160 Å². The Morgan fingerprint density at radius 2 is 1.78 bits per heavy atom. The van der Waals surface area contributed by atoms with Crippen LogP contribution in [0.15, 0.2) is 58.3 Å². The van der Waals surface area contributed by atoms with Gasteiger partial charge in [-0.2, -0.15) is 4.31 Å². The molecule has 1 heterocycles. The molecule has 0 amide bonds. The van der Waals surface area contributed by atoms with E-state index in [0.717, 1.165) is 5.56 Å². The monoisotopic (exact) mass is 409 g/mol. The maximum atomic E-state index is 13.1. The molecule has 6 nitrogen and oxygen atoms in total. The maximum absolute atomic E-state index is 13.1. The summed E-state index contributed by atoms with van der Waals surface area (Å²) in [5.41, 5.74) is 0.877. The highest BCUT2D eigenvalue weighted by Crippen LogP contribution is 2.32. The number of nitrogens with zero attached hydrogens (tertiary/aromatic N) is 1. The summed E-state index contributed by atoms with van der Waals surface area (Å²) >= 11 is 0. The van der Waals surface area contributed by atoms with E-state index in [-0.39, 0.29) is 35.1 Å². The second-order valence-corrected chi connectivity index (χ2v) is 10.6. The van der Waals surface area contributed by atoms with Crippen molar-refractivity contribution < 1.29 is 21.6 Å². The fourth-order valence-corrected chi connectivity index (χ4v) is 6.77. The van der Waals surface area contributed by atoms with E-state index in [0.29, 0.717) is 6.42 Å². The van der Waals surface area contributed by atoms with Crippen molar-refractivity contribution in [1.82, 2.24) is 4.31 Å². The van der Waals surface area contributed by atoms with Gasteiger partial charge in [-0.05, 0) is 42.7 Å².